The molecule has 13 heteroatoms. The van der Waals surface area contributed by atoms with Gasteiger partial charge in [0.25, 0.3) is 0 Å². The van der Waals surface area contributed by atoms with Crippen LogP contribution >= 0.6 is 22.9 Å². The third-order valence-electron chi connectivity index (χ3n) is 9.69. The Morgan fingerprint density at radius 2 is 1.75 bits per heavy atom. The summed E-state index contributed by atoms with van der Waals surface area (Å²) in [5, 5.41) is 5.25. The Morgan fingerprint density at radius 3 is 2.47 bits per heavy atom. The molecule has 0 saturated carbocycles. The van der Waals surface area contributed by atoms with Crippen LogP contribution in [0, 0.1) is 19.8 Å². The molecule has 2 saturated heterocycles. The Morgan fingerprint density at radius 1 is 0.961 bits per heavy atom. The van der Waals surface area contributed by atoms with Crippen LogP contribution in [0.25, 0.3) is 0 Å². The van der Waals surface area contributed by atoms with Gasteiger partial charge in [0.05, 0.1) is 18.1 Å². The van der Waals surface area contributed by atoms with Crippen LogP contribution in [0.2, 0.25) is 5.02 Å². The number of nitrogens with zero attached hydrogens (tertiary/aromatic N) is 4. The zero-order valence-electron chi connectivity index (χ0n) is 29.8. The average molecular weight is 738 g/mol. The van der Waals surface area contributed by atoms with Crippen molar-refractivity contribution < 1.29 is 28.7 Å². The lowest BCUT2D eigenvalue weighted by Gasteiger charge is -2.46. The molecular weight excluding hydrogens is 690 g/mol. The highest BCUT2D eigenvalue weighted by atomic mass is 35.5. The highest BCUT2D eigenvalue weighted by molar-refractivity contribution is 7.09. The van der Waals surface area contributed by atoms with Crippen molar-refractivity contribution in [2.75, 3.05) is 46.8 Å². The summed E-state index contributed by atoms with van der Waals surface area (Å²) in [6.07, 6.45) is 1.87. The van der Waals surface area contributed by atoms with Crippen molar-refractivity contribution >= 4 is 46.9 Å². The maximum absolute atomic E-state index is 14.8. The quantitative estimate of drug-likeness (QED) is 0.253. The van der Waals surface area contributed by atoms with Crippen LogP contribution in [0.5, 0.6) is 5.75 Å². The van der Waals surface area contributed by atoms with E-state index in [2.05, 4.69) is 10.2 Å². The molecule has 0 radical (unpaired) electrons. The second-order valence-corrected chi connectivity index (χ2v) is 14.9. The highest BCUT2D eigenvalue weighted by Crippen LogP contribution is 2.33. The molecule has 1 N–H and O–H groups in total. The normalized spacial score (nSPS) is 19.2. The van der Waals surface area contributed by atoms with E-state index in [9.17, 15) is 19.2 Å². The number of piperazine rings is 1. The number of nitrogens with one attached hydrogen (secondary N) is 1. The van der Waals surface area contributed by atoms with Gasteiger partial charge in [-0.05, 0) is 100 Å². The first kappa shape index (κ1) is 38.1. The average Bonchev–Trinajstić information content (AvgIpc) is 3.66. The lowest BCUT2D eigenvalue weighted by molar-refractivity contribution is -0.150. The molecule has 51 heavy (non-hydrogen) atoms. The minimum absolute atomic E-state index is 0.0828. The molecule has 2 aromatic carbocycles. The summed E-state index contributed by atoms with van der Waals surface area (Å²) in [5.74, 6) is -0.603. The van der Waals surface area contributed by atoms with Gasteiger partial charge in [0.15, 0.2) is 5.75 Å². The standard InChI is InChI=1S/C38H48ClN5O6S/c1-26-16-17-32(33(39)27(26)2)50-37(47)42-20-21-43(31(24-42)35(45)40-23-30-15-10-22-51-30)36(46)34-29(13-8-18-41(3)4)14-9-19-44(34)38(48)49-25-28-11-6-5-7-12-28/h5-7,10-12,15-17,22,29,31,34H,8-9,13-14,18-21,23-25H2,1-4H3,(H,40,45)/t29-,31-,34+/m0/s1. The van der Waals surface area contributed by atoms with Crippen molar-refractivity contribution in [3.05, 3.63) is 86.6 Å². The number of ether oxygens (including phenoxy) is 2. The molecule has 3 aromatic rings. The fraction of sp³-hybridized carbons (Fsp3) is 0.474. The molecule has 1 aromatic heterocycles. The van der Waals surface area contributed by atoms with Crippen molar-refractivity contribution in [3.8, 4) is 5.75 Å². The molecule has 2 aliphatic heterocycles. The number of piperidine rings is 1. The van der Waals surface area contributed by atoms with E-state index in [0.29, 0.717) is 11.6 Å². The number of hydrogen-bond donors (Lipinski definition) is 1. The van der Waals surface area contributed by atoms with Crippen molar-refractivity contribution in [2.45, 2.75) is 64.8 Å². The van der Waals surface area contributed by atoms with Crippen molar-refractivity contribution in [1.82, 2.24) is 24.9 Å². The van der Waals surface area contributed by atoms with Gasteiger partial charge in [0.1, 0.15) is 18.7 Å². The summed E-state index contributed by atoms with van der Waals surface area (Å²) >= 11 is 8.02. The van der Waals surface area contributed by atoms with Gasteiger partial charge in [-0.15, -0.1) is 11.3 Å². The molecular formula is C38H48ClN5O6S. The summed E-state index contributed by atoms with van der Waals surface area (Å²) < 4.78 is 11.5. The first-order valence-electron chi connectivity index (χ1n) is 17.5. The maximum atomic E-state index is 14.8. The minimum Gasteiger partial charge on any atom is -0.445 e. The maximum Gasteiger partial charge on any atom is 0.415 e. The Hall–Kier alpha value is -4.13. The number of hydrogen-bond acceptors (Lipinski definition) is 8. The Balaban J connectivity index is 1.39. The third kappa shape index (κ3) is 9.81. The minimum atomic E-state index is -1.01. The van der Waals surface area contributed by atoms with Crippen LogP contribution in [0.15, 0.2) is 60.0 Å². The lowest BCUT2D eigenvalue weighted by Crippen LogP contribution is -2.66. The first-order chi connectivity index (χ1) is 24.5. The number of aryl methyl sites for hydroxylation is 1. The molecule has 3 atom stereocenters. The van der Waals surface area contributed by atoms with E-state index < -0.39 is 30.2 Å². The van der Waals surface area contributed by atoms with Gasteiger partial charge < -0.3 is 29.5 Å². The van der Waals surface area contributed by atoms with Crippen molar-refractivity contribution in [3.63, 3.8) is 0 Å². The Bertz CT molecular complexity index is 1660. The van der Waals surface area contributed by atoms with Crippen LogP contribution < -0.4 is 10.1 Å². The van der Waals surface area contributed by atoms with Gasteiger partial charge in [-0.2, -0.15) is 0 Å². The van der Waals surface area contributed by atoms with Gasteiger partial charge in [-0.25, -0.2) is 9.59 Å². The van der Waals surface area contributed by atoms with Crippen LogP contribution in [0.1, 0.15) is 47.3 Å². The largest absolute Gasteiger partial charge is 0.445 e. The molecule has 2 aliphatic rings. The van der Waals surface area contributed by atoms with E-state index in [1.807, 2.05) is 81.9 Å². The summed E-state index contributed by atoms with van der Waals surface area (Å²) in [4.78, 5) is 63.6. The molecule has 0 bridgehead atoms. The topological polar surface area (TPSA) is 112 Å². The Labute approximate surface area is 309 Å². The van der Waals surface area contributed by atoms with E-state index in [-0.39, 0.29) is 50.4 Å². The van der Waals surface area contributed by atoms with E-state index in [0.717, 1.165) is 53.8 Å². The molecule has 0 aliphatic carbocycles. The number of halogens is 1. The van der Waals surface area contributed by atoms with Gasteiger partial charge >= 0.3 is 12.2 Å². The second-order valence-electron chi connectivity index (χ2n) is 13.5. The predicted molar refractivity (Wildman–Crippen MR) is 198 cm³/mol. The molecule has 2 fully saturated rings. The van der Waals surface area contributed by atoms with E-state index in [4.69, 9.17) is 21.1 Å². The second kappa shape index (κ2) is 17.9. The first-order valence-corrected chi connectivity index (χ1v) is 18.7. The van der Waals surface area contributed by atoms with Gasteiger partial charge in [-0.3, -0.25) is 14.5 Å². The van der Waals surface area contributed by atoms with Crippen molar-refractivity contribution in [2.24, 2.45) is 5.92 Å². The number of rotatable bonds is 11. The SMILES string of the molecule is Cc1ccc(OC(=O)N2CCN(C(=O)[C@H]3[C@@H](CCCN(C)C)CCCN3C(=O)OCc3ccccc3)[C@H](C(=O)NCc3cccs3)C2)c(Cl)c1C. The molecule has 0 spiro atoms. The smallest absolute Gasteiger partial charge is 0.415 e. The number of benzene rings is 2. The summed E-state index contributed by atoms with van der Waals surface area (Å²) in [7, 11) is 4.02. The number of carbonyl (C=O) groups is 4. The fourth-order valence-electron chi connectivity index (χ4n) is 6.70. The lowest BCUT2D eigenvalue weighted by atomic mass is 9.84. The number of carbonyl (C=O) groups excluding carboxylic acids is 4. The van der Waals surface area contributed by atoms with E-state index in [1.165, 1.54) is 16.2 Å². The molecule has 5 rings (SSSR count). The third-order valence-corrected chi connectivity index (χ3v) is 11.0. The molecule has 0 unspecified atom stereocenters. The monoisotopic (exact) mass is 737 g/mol. The summed E-state index contributed by atoms with van der Waals surface area (Å²) in [5.41, 5.74) is 2.62. The fourth-order valence-corrected chi connectivity index (χ4v) is 7.59. The Kier molecular flexibility index (Phi) is 13.4. The summed E-state index contributed by atoms with van der Waals surface area (Å²) in [6.45, 7) is 5.49. The van der Waals surface area contributed by atoms with Gasteiger partial charge in [0.2, 0.25) is 11.8 Å². The van der Waals surface area contributed by atoms with Gasteiger partial charge in [-0.1, -0.05) is 54.1 Å². The number of likely N-dealkylation sites (tertiary alicyclic amines) is 1. The molecule has 4 amide bonds. The van der Waals surface area contributed by atoms with E-state index >= 15 is 0 Å². The van der Waals surface area contributed by atoms with Crippen LogP contribution in [0.3, 0.4) is 0 Å². The molecule has 11 nitrogen and oxygen atoms in total. The number of thiophene rings is 1. The molecule has 3 heterocycles. The van der Waals surface area contributed by atoms with Crippen LogP contribution in [-0.4, -0.2) is 103 Å². The number of amides is 4. The zero-order valence-corrected chi connectivity index (χ0v) is 31.4. The van der Waals surface area contributed by atoms with Crippen LogP contribution in [-0.2, 0) is 27.5 Å². The zero-order chi connectivity index (χ0) is 36.5. The summed E-state index contributed by atoms with van der Waals surface area (Å²) in [6, 6.07) is 14.9. The van der Waals surface area contributed by atoms with Crippen molar-refractivity contribution in [1.29, 1.82) is 0 Å². The molecule has 274 valence electrons. The highest BCUT2D eigenvalue weighted by Gasteiger charge is 2.46. The van der Waals surface area contributed by atoms with E-state index in [1.54, 1.807) is 15.9 Å². The van der Waals surface area contributed by atoms with Gasteiger partial charge in [0, 0.05) is 24.5 Å². The predicted octanol–water partition coefficient (Wildman–Crippen LogP) is 6.11. The van der Waals surface area contributed by atoms with Crippen LogP contribution in [0.4, 0.5) is 9.59 Å².